The number of pyridine rings is 1. The van der Waals surface area contributed by atoms with Gasteiger partial charge in [-0.25, -0.2) is 0 Å². The molecule has 122 valence electrons. The average molecular weight is 313 g/mol. The van der Waals surface area contributed by atoms with Crippen LogP contribution in [0.2, 0.25) is 0 Å². The van der Waals surface area contributed by atoms with Crippen LogP contribution in [0.4, 0.5) is 0 Å². The van der Waals surface area contributed by atoms with Crippen LogP contribution in [0.3, 0.4) is 0 Å². The Kier molecular flexibility index (Phi) is 5.20. The Balaban J connectivity index is 1.49. The van der Waals surface area contributed by atoms with Crippen molar-refractivity contribution in [1.82, 2.24) is 15.2 Å². The van der Waals surface area contributed by atoms with Gasteiger partial charge in [0.2, 0.25) is 5.91 Å². The number of carbonyl (C=O) groups excluding carboxylic acids is 1. The van der Waals surface area contributed by atoms with E-state index < -0.39 is 0 Å². The number of hydrogen-bond acceptors (Lipinski definition) is 4. The Hall–Kier alpha value is -1.98. The zero-order chi connectivity index (χ0) is 16.1. The van der Waals surface area contributed by atoms with E-state index in [1.165, 1.54) is 5.56 Å². The number of hydrogen-bond donors (Lipinski definition) is 1. The average Bonchev–Trinajstić information content (AvgIpc) is 3.06. The van der Waals surface area contributed by atoms with Crippen molar-refractivity contribution in [3.05, 3.63) is 42.1 Å². The lowest BCUT2D eigenvalue weighted by atomic mass is 10.1. The molecule has 0 spiro atoms. The van der Waals surface area contributed by atoms with Gasteiger partial charge >= 0.3 is 0 Å². The van der Waals surface area contributed by atoms with Crippen LogP contribution in [0.1, 0.15) is 18.4 Å². The smallest absolute Gasteiger partial charge is 0.234 e. The Labute approximate surface area is 136 Å². The number of nitrogens with one attached hydrogen (secondary N) is 1. The summed E-state index contributed by atoms with van der Waals surface area (Å²) in [6, 6.07) is 10.2. The van der Waals surface area contributed by atoms with Gasteiger partial charge in [0.1, 0.15) is 0 Å². The minimum absolute atomic E-state index is 0.0467. The molecule has 3 rings (SSSR count). The van der Waals surface area contributed by atoms with Crippen molar-refractivity contribution in [2.75, 3.05) is 26.7 Å². The van der Waals surface area contributed by atoms with Crippen molar-refractivity contribution >= 4 is 16.8 Å². The van der Waals surface area contributed by atoms with E-state index in [4.69, 9.17) is 4.74 Å². The summed E-state index contributed by atoms with van der Waals surface area (Å²) in [4.78, 5) is 18.3. The topological polar surface area (TPSA) is 54.5 Å². The molecule has 1 aliphatic rings. The fraction of sp³-hybridized carbons (Fsp3) is 0.444. The second-order valence-electron chi connectivity index (χ2n) is 6.14. The van der Waals surface area contributed by atoms with Gasteiger partial charge in [0, 0.05) is 31.3 Å². The first-order valence-electron chi connectivity index (χ1n) is 8.11. The predicted octanol–water partition coefficient (Wildman–Crippen LogP) is 1.96. The third-order valence-corrected chi connectivity index (χ3v) is 4.08. The molecule has 2 heterocycles. The van der Waals surface area contributed by atoms with Crippen molar-refractivity contribution < 1.29 is 9.53 Å². The molecule has 1 atom stereocenters. The minimum atomic E-state index is 0.0467. The lowest BCUT2D eigenvalue weighted by molar-refractivity contribution is -0.122. The van der Waals surface area contributed by atoms with Crippen LogP contribution >= 0.6 is 0 Å². The standard InChI is InChI=1S/C18H23N3O2/c1-21(13-18(22)20-11-16-5-3-9-23-16)12-14-6-7-17-15(10-14)4-2-8-19-17/h2,4,6-8,10,16H,3,5,9,11-13H2,1H3,(H,20,22). The molecule has 1 aromatic carbocycles. The lowest BCUT2D eigenvalue weighted by Gasteiger charge is -2.17. The largest absolute Gasteiger partial charge is 0.376 e. The quantitative estimate of drug-likeness (QED) is 0.886. The van der Waals surface area contributed by atoms with Gasteiger partial charge in [-0.05, 0) is 43.7 Å². The summed E-state index contributed by atoms with van der Waals surface area (Å²) in [6.45, 7) is 2.56. The van der Waals surface area contributed by atoms with Crippen LogP contribution in [-0.4, -0.2) is 48.6 Å². The number of benzene rings is 1. The minimum Gasteiger partial charge on any atom is -0.376 e. The molecule has 0 bridgehead atoms. The molecule has 1 N–H and O–H groups in total. The molecule has 0 saturated carbocycles. The van der Waals surface area contributed by atoms with Crippen LogP contribution in [0, 0.1) is 0 Å². The molecule has 1 aliphatic heterocycles. The maximum absolute atomic E-state index is 12.0. The highest BCUT2D eigenvalue weighted by Crippen LogP contribution is 2.14. The predicted molar refractivity (Wildman–Crippen MR) is 90.1 cm³/mol. The lowest BCUT2D eigenvalue weighted by Crippen LogP contribution is -2.38. The Morgan fingerprint density at radius 2 is 2.35 bits per heavy atom. The van der Waals surface area contributed by atoms with E-state index in [1.54, 1.807) is 6.20 Å². The summed E-state index contributed by atoms with van der Waals surface area (Å²) in [5.41, 5.74) is 2.17. The Morgan fingerprint density at radius 1 is 1.43 bits per heavy atom. The first kappa shape index (κ1) is 15.9. The highest BCUT2D eigenvalue weighted by Gasteiger charge is 2.16. The number of aromatic nitrogens is 1. The summed E-state index contributed by atoms with van der Waals surface area (Å²) in [5, 5.41) is 4.08. The molecule has 1 fully saturated rings. The molecular formula is C18H23N3O2. The summed E-state index contributed by atoms with van der Waals surface area (Å²) in [5.74, 6) is 0.0467. The van der Waals surface area contributed by atoms with Crippen LogP contribution in [0.5, 0.6) is 0 Å². The van der Waals surface area contributed by atoms with Crippen molar-refractivity contribution in [3.8, 4) is 0 Å². The monoisotopic (exact) mass is 313 g/mol. The molecule has 1 amide bonds. The molecule has 5 heteroatoms. The Bertz CT molecular complexity index is 668. The third-order valence-electron chi connectivity index (χ3n) is 4.08. The van der Waals surface area contributed by atoms with Gasteiger partial charge in [-0.15, -0.1) is 0 Å². The number of likely N-dealkylation sites (N-methyl/N-ethyl adjacent to an activating group) is 1. The van der Waals surface area contributed by atoms with Crippen LogP contribution in [0.25, 0.3) is 10.9 Å². The maximum Gasteiger partial charge on any atom is 0.234 e. The zero-order valence-electron chi connectivity index (χ0n) is 13.5. The van der Waals surface area contributed by atoms with E-state index in [-0.39, 0.29) is 12.0 Å². The number of fused-ring (bicyclic) bond motifs is 1. The van der Waals surface area contributed by atoms with Gasteiger partial charge in [-0.2, -0.15) is 0 Å². The molecule has 5 nitrogen and oxygen atoms in total. The number of rotatable bonds is 6. The highest BCUT2D eigenvalue weighted by atomic mass is 16.5. The molecule has 0 aliphatic carbocycles. The zero-order valence-corrected chi connectivity index (χ0v) is 13.5. The van der Waals surface area contributed by atoms with E-state index in [2.05, 4.69) is 28.5 Å². The van der Waals surface area contributed by atoms with Crippen molar-refractivity contribution in [2.24, 2.45) is 0 Å². The molecule has 0 radical (unpaired) electrons. The van der Waals surface area contributed by atoms with Gasteiger partial charge in [0.25, 0.3) is 0 Å². The van der Waals surface area contributed by atoms with Crippen LogP contribution < -0.4 is 5.32 Å². The fourth-order valence-electron chi connectivity index (χ4n) is 2.93. The van der Waals surface area contributed by atoms with Gasteiger partial charge < -0.3 is 10.1 Å². The van der Waals surface area contributed by atoms with Gasteiger partial charge in [0.05, 0.1) is 18.2 Å². The second kappa shape index (κ2) is 7.53. The second-order valence-corrected chi connectivity index (χ2v) is 6.14. The normalized spacial score (nSPS) is 17.7. The molecule has 23 heavy (non-hydrogen) atoms. The van der Waals surface area contributed by atoms with E-state index in [1.807, 2.05) is 24.1 Å². The SMILES string of the molecule is CN(CC(=O)NCC1CCCO1)Cc1ccc2ncccc2c1. The summed E-state index contributed by atoms with van der Waals surface area (Å²) < 4.78 is 5.51. The van der Waals surface area contributed by atoms with Crippen molar-refractivity contribution in [2.45, 2.75) is 25.5 Å². The number of amides is 1. The molecule has 1 unspecified atom stereocenters. The van der Waals surface area contributed by atoms with Crippen molar-refractivity contribution in [1.29, 1.82) is 0 Å². The highest BCUT2D eigenvalue weighted by molar-refractivity contribution is 5.79. The van der Waals surface area contributed by atoms with Crippen LogP contribution in [-0.2, 0) is 16.1 Å². The van der Waals surface area contributed by atoms with Crippen molar-refractivity contribution in [3.63, 3.8) is 0 Å². The van der Waals surface area contributed by atoms with E-state index in [0.717, 1.165) is 36.9 Å². The number of carbonyl (C=O) groups is 1. The summed E-state index contributed by atoms with van der Waals surface area (Å²) >= 11 is 0. The van der Waals surface area contributed by atoms with E-state index in [9.17, 15) is 4.79 Å². The van der Waals surface area contributed by atoms with E-state index >= 15 is 0 Å². The third kappa shape index (κ3) is 4.50. The van der Waals surface area contributed by atoms with Crippen LogP contribution in [0.15, 0.2) is 36.5 Å². The molecular weight excluding hydrogens is 290 g/mol. The fourth-order valence-corrected chi connectivity index (χ4v) is 2.93. The molecule has 1 saturated heterocycles. The first-order chi connectivity index (χ1) is 11.2. The number of nitrogens with zero attached hydrogens (tertiary/aromatic N) is 2. The number of ether oxygens (including phenoxy) is 1. The Morgan fingerprint density at radius 3 is 3.17 bits per heavy atom. The summed E-state index contributed by atoms with van der Waals surface area (Å²) in [6.07, 6.45) is 4.13. The molecule has 2 aromatic rings. The van der Waals surface area contributed by atoms with E-state index in [0.29, 0.717) is 13.1 Å². The van der Waals surface area contributed by atoms with Gasteiger partial charge in [-0.3, -0.25) is 14.7 Å². The van der Waals surface area contributed by atoms with Gasteiger partial charge in [-0.1, -0.05) is 12.1 Å². The molecule has 1 aromatic heterocycles. The van der Waals surface area contributed by atoms with Gasteiger partial charge in [0.15, 0.2) is 0 Å². The first-order valence-corrected chi connectivity index (χ1v) is 8.11. The maximum atomic E-state index is 12.0. The summed E-state index contributed by atoms with van der Waals surface area (Å²) in [7, 11) is 1.96.